The molecule has 166 valence electrons. The van der Waals surface area contributed by atoms with Crippen LogP contribution in [0.3, 0.4) is 0 Å². The maximum Gasteiger partial charge on any atom is 0.263 e. The normalized spacial score (nSPS) is 15.2. The van der Waals surface area contributed by atoms with Crippen LogP contribution in [-0.4, -0.2) is 56.2 Å². The molecule has 0 spiro atoms. The predicted octanol–water partition coefficient (Wildman–Crippen LogP) is 3.55. The van der Waals surface area contributed by atoms with E-state index in [0.29, 0.717) is 53.8 Å². The number of rotatable bonds is 7. The Labute approximate surface area is 187 Å². The number of ether oxygens (including phenoxy) is 3. The number of hydrogen-bond acceptors (Lipinski definition) is 5. The van der Waals surface area contributed by atoms with Gasteiger partial charge in [0.15, 0.2) is 6.10 Å². The van der Waals surface area contributed by atoms with E-state index >= 15 is 0 Å². The molecule has 3 rings (SSSR count). The minimum Gasteiger partial charge on any atom is -0.497 e. The molecule has 7 nitrogen and oxygen atoms in total. The Morgan fingerprint density at radius 1 is 1.00 bits per heavy atom. The summed E-state index contributed by atoms with van der Waals surface area (Å²) in [7, 11) is 3.08. The van der Waals surface area contributed by atoms with Crippen LogP contribution in [0.5, 0.6) is 17.2 Å². The van der Waals surface area contributed by atoms with Gasteiger partial charge in [0.2, 0.25) is 0 Å². The first kappa shape index (κ1) is 22.7. The van der Waals surface area contributed by atoms with Crippen molar-refractivity contribution in [2.24, 2.45) is 0 Å². The van der Waals surface area contributed by atoms with Crippen molar-refractivity contribution in [3.8, 4) is 17.2 Å². The molecule has 0 radical (unpaired) electrons. The second-order valence-corrected chi connectivity index (χ2v) is 7.82. The number of carbonyl (C=O) groups is 2. The molecule has 1 heterocycles. The van der Waals surface area contributed by atoms with Gasteiger partial charge in [-0.1, -0.05) is 11.6 Å². The van der Waals surface area contributed by atoms with Crippen molar-refractivity contribution in [1.29, 1.82) is 0 Å². The first-order valence-corrected chi connectivity index (χ1v) is 10.5. The molecule has 2 amide bonds. The molecule has 1 unspecified atom stereocenters. The molecule has 2 aromatic carbocycles. The lowest BCUT2D eigenvalue weighted by atomic mass is 10.0. The van der Waals surface area contributed by atoms with Crippen molar-refractivity contribution in [3.05, 3.63) is 53.1 Å². The summed E-state index contributed by atoms with van der Waals surface area (Å²) in [6, 6.07) is 12.0. The van der Waals surface area contributed by atoms with Gasteiger partial charge in [-0.05, 0) is 56.2 Å². The molecule has 8 heteroatoms. The number of nitrogens with one attached hydrogen (secondary N) is 1. The summed E-state index contributed by atoms with van der Waals surface area (Å²) in [5, 5.41) is 3.65. The average molecular weight is 447 g/mol. The number of hydrogen-bond donors (Lipinski definition) is 1. The smallest absolute Gasteiger partial charge is 0.263 e. The van der Waals surface area contributed by atoms with Crippen LogP contribution in [0.4, 0.5) is 0 Å². The Kier molecular flexibility index (Phi) is 7.63. The molecule has 1 fully saturated rings. The van der Waals surface area contributed by atoms with Crippen molar-refractivity contribution in [3.63, 3.8) is 0 Å². The molecule has 0 bridgehead atoms. The number of benzene rings is 2. The number of nitrogens with zero attached hydrogens (tertiary/aromatic N) is 1. The van der Waals surface area contributed by atoms with Crippen LogP contribution >= 0.6 is 11.6 Å². The van der Waals surface area contributed by atoms with Gasteiger partial charge in [0, 0.05) is 35.8 Å². The lowest BCUT2D eigenvalue weighted by molar-refractivity contribution is -0.139. The zero-order chi connectivity index (χ0) is 22.4. The summed E-state index contributed by atoms with van der Waals surface area (Å²) in [5.74, 6) is 1.44. The Hall–Kier alpha value is -2.93. The monoisotopic (exact) mass is 446 g/mol. The van der Waals surface area contributed by atoms with Gasteiger partial charge in [0.1, 0.15) is 17.2 Å². The van der Waals surface area contributed by atoms with Crippen LogP contribution in [0.15, 0.2) is 42.5 Å². The largest absolute Gasteiger partial charge is 0.497 e. The fraction of sp³-hybridized carbons (Fsp3) is 0.391. The number of methoxy groups -OCH3 is 2. The molecular weight excluding hydrogens is 420 g/mol. The van der Waals surface area contributed by atoms with Crippen molar-refractivity contribution in [2.45, 2.75) is 31.9 Å². The average Bonchev–Trinajstić information content (AvgIpc) is 2.80. The van der Waals surface area contributed by atoms with Gasteiger partial charge in [-0.25, -0.2) is 0 Å². The van der Waals surface area contributed by atoms with Gasteiger partial charge >= 0.3 is 0 Å². The standard InChI is InChI=1S/C23H27ClN2O5/c1-15(31-19-6-4-17(24)5-7-19)23(28)26-10-8-18(9-11-26)25-22(27)16-12-20(29-2)14-21(13-16)30-3/h4-7,12-15,18H,8-11H2,1-3H3,(H,25,27). The summed E-state index contributed by atoms with van der Waals surface area (Å²) in [6.07, 6.45) is 0.745. The molecule has 31 heavy (non-hydrogen) atoms. The lowest BCUT2D eigenvalue weighted by Crippen LogP contribution is -2.49. The van der Waals surface area contributed by atoms with Crippen LogP contribution < -0.4 is 19.5 Å². The highest BCUT2D eigenvalue weighted by molar-refractivity contribution is 6.30. The van der Waals surface area contributed by atoms with E-state index in [0.717, 1.165) is 0 Å². The number of likely N-dealkylation sites (tertiary alicyclic amines) is 1. The summed E-state index contributed by atoms with van der Waals surface area (Å²) in [6.45, 7) is 2.85. The van der Waals surface area contributed by atoms with E-state index in [2.05, 4.69) is 5.32 Å². The summed E-state index contributed by atoms with van der Waals surface area (Å²) in [5.41, 5.74) is 0.472. The van der Waals surface area contributed by atoms with E-state index < -0.39 is 6.10 Å². The Morgan fingerprint density at radius 2 is 1.58 bits per heavy atom. The number of amides is 2. The molecule has 0 aromatic heterocycles. The second-order valence-electron chi connectivity index (χ2n) is 7.39. The Bertz CT molecular complexity index is 888. The molecule has 2 aromatic rings. The third-order valence-corrected chi connectivity index (χ3v) is 5.48. The number of carbonyl (C=O) groups excluding carboxylic acids is 2. The fourth-order valence-electron chi connectivity index (χ4n) is 3.48. The maximum absolute atomic E-state index is 12.7. The Morgan fingerprint density at radius 3 is 2.13 bits per heavy atom. The summed E-state index contributed by atoms with van der Waals surface area (Å²) < 4.78 is 16.2. The first-order chi connectivity index (χ1) is 14.9. The van der Waals surface area contributed by atoms with E-state index in [9.17, 15) is 9.59 Å². The minimum absolute atomic E-state index is 0.0127. The Balaban J connectivity index is 1.51. The fourth-order valence-corrected chi connectivity index (χ4v) is 3.60. The summed E-state index contributed by atoms with van der Waals surface area (Å²) in [4.78, 5) is 27.2. The first-order valence-electron chi connectivity index (χ1n) is 10.1. The van der Waals surface area contributed by atoms with E-state index in [1.54, 1.807) is 68.5 Å². The third-order valence-electron chi connectivity index (χ3n) is 5.23. The third kappa shape index (κ3) is 6.04. The molecule has 0 saturated carbocycles. The minimum atomic E-state index is -0.600. The van der Waals surface area contributed by atoms with Gasteiger partial charge in [-0.3, -0.25) is 9.59 Å². The van der Waals surface area contributed by atoms with Crippen LogP contribution in [0.2, 0.25) is 5.02 Å². The highest BCUT2D eigenvalue weighted by Gasteiger charge is 2.28. The van der Waals surface area contributed by atoms with Gasteiger partial charge in [-0.15, -0.1) is 0 Å². The van der Waals surface area contributed by atoms with E-state index in [1.807, 2.05) is 0 Å². The van der Waals surface area contributed by atoms with Crippen molar-refractivity contribution in [2.75, 3.05) is 27.3 Å². The van der Waals surface area contributed by atoms with Gasteiger partial charge in [-0.2, -0.15) is 0 Å². The van der Waals surface area contributed by atoms with Crippen LogP contribution in [0.1, 0.15) is 30.1 Å². The molecule has 1 aliphatic heterocycles. The predicted molar refractivity (Wildman–Crippen MR) is 118 cm³/mol. The highest BCUT2D eigenvalue weighted by Crippen LogP contribution is 2.23. The van der Waals surface area contributed by atoms with Crippen LogP contribution in [0, 0.1) is 0 Å². The molecule has 0 aliphatic carbocycles. The second kappa shape index (κ2) is 10.4. The highest BCUT2D eigenvalue weighted by atomic mass is 35.5. The lowest BCUT2D eigenvalue weighted by Gasteiger charge is -2.33. The summed E-state index contributed by atoms with van der Waals surface area (Å²) >= 11 is 5.88. The molecule has 1 atom stereocenters. The van der Waals surface area contributed by atoms with Crippen molar-refractivity contribution in [1.82, 2.24) is 10.2 Å². The molecule has 1 N–H and O–H groups in total. The van der Waals surface area contributed by atoms with Gasteiger partial charge in [0.05, 0.1) is 14.2 Å². The molecular formula is C23H27ClN2O5. The number of piperidine rings is 1. The molecule has 1 aliphatic rings. The van der Waals surface area contributed by atoms with Crippen LogP contribution in [0.25, 0.3) is 0 Å². The maximum atomic E-state index is 12.7. The zero-order valence-corrected chi connectivity index (χ0v) is 18.6. The van der Waals surface area contributed by atoms with E-state index in [1.165, 1.54) is 0 Å². The van der Waals surface area contributed by atoms with E-state index in [-0.39, 0.29) is 17.9 Å². The van der Waals surface area contributed by atoms with Crippen molar-refractivity contribution < 1.29 is 23.8 Å². The van der Waals surface area contributed by atoms with E-state index in [4.69, 9.17) is 25.8 Å². The number of halogens is 1. The molecule has 1 saturated heterocycles. The van der Waals surface area contributed by atoms with Gasteiger partial charge < -0.3 is 24.4 Å². The SMILES string of the molecule is COc1cc(OC)cc(C(=O)NC2CCN(C(=O)C(C)Oc3ccc(Cl)cc3)CC2)c1. The van der Waals surface area contributed by atoms with Gasteiger partial charge in [0.25, 0.3) is 11.8 Å². The zero-order valence-electron chi connectivity index (χ0n) is 17.9. The topological polar surface area (TPSA) is 77.1 Å². The quantitative estimate of drug-likeness (QED) is 0.703. The van der Waals surface area contributed by atoms with Crippen LogP contribution in [-0.2, 0) is 4.79 Å². The van der Waals surface area contributed by atoms with Crippen molar-refractivity contribution >= 4 is 23.4 Å².